The van der Waals surface area contributed by atoms with Gasteiger partial charge < -0.3 is 14.2 Å². The Balaban J connectivity index is 4.32. The molecule has 0 bridgehead atoms. The minimum atomic E-state index is -0.779. The molecule has 0 fully saturated rings. The van der Waals surface area contributed by atoms with Crippen molar-refractivity contribution in [1.29, 1.82) is 0 Å². The maximum atomic E-state index is 12.7. The Morgan fingerprint density at radius 2 is 0.638 bits per heavy atom. The highest BCUT2D eigenvalue weighted by atomic mass is 16.6. The summed E-state index contributed by atoms with van der Waals surface area (Å²) in [7, 11) is 0. The molecule has 6 heteroatoms. The molecule has 0 aliphatic rings. The molecule has 1 unspecified atom stereocenters. The first kappa shape index (κ1) is 55.4. The van der Waals surface area contributed by atoms with Crippen molar-refractivity contribution in [2.45, 2.75) is 252 Å². The molecule has 0 saturated carbocycles. The van der Waals surface area contributed by atoms with E-state index in [9.17, 15) is 14.4 Å². The molecule has 0 N–H and O–H groups in total. The van der Waals surface area contributed by atoms with E-state index >= 15 is 0 Å². The number of unbranched alkanes of at least 4 members (excludes halogenated alkanes) is 25. The summed E-state index contributed by atoms with van der Waals surface area (Å²) >= 11 is 0. The summed E-state index contributed by atoms with van der Waals surface area (Å²) in [5, 5.41) is 0. The average Bonchev–Trinajstić information content (AvgIpc) is 3.22. The van der Waals surface area contributed by atoms with Crippen LogP contribution in [0.5, 0.6) is 0 Å². The normalized spacial score (nSPS) is 12.4. The maximum Gasteiger partial charge on any atom is 0.306 e. The lowest BCUT2D eigenvalue weighted by Gasteiger charge is -2.18. The highest BCUT2D eigenvalue weighted by Gasteiger charge is 2.19. The SMILES string of the molecule is CCCC/C=C\C/C=C\CCCCCCCC(=O)OC(COC(=O)CCCCCCCCCC)COC(=O)CCCCCCCCC/C=C\C/C=C\CCCCCC. The van der Waals surface area contributed by atoms with Gasteiger partial charge in [-0.2, -0.15) is 0 Å². The van der Waals surface area contributed by atoms with Gasteiger partial charge in [-0.25, -0.2) is 0 Å². The Morgan fingerprint density at radius 1 is 0.345 bits per heavy atom. The van der Waals surface area contributed by atoms with Crippen LogP contribution >= 0.6 is 0 Å². The second-order valence-electron chi connectivity index (χ2n) is 16.4. The first-order chi connectivity index (χ1) is 28.5. The molecule has 0 aliphatic carbocycles. The van der Waals surface area contributed by atoms with E-state index in [0.29, 0.717) is 19.3 Å². The van der Waals surface area contributed by atoms with Gasteiger partial charge in [-0.15, -0.1) is 0 Å². The highest BCUT2D eigenvalue weighted by Crippen LogP contribution is 2.14. The van der Waals surface area contributed by atoms with Crippen LogP contribution in [0.4, 0.5) is 0 Å². The Bertz CT molecular complexity index is 1030. The van der Waals surface area contributed by atoms with E-state index in [1.165, 1.54) is 109 Å². The molecule has 58 heavy (non-hydrogen) atoms. The Hall–Kier alpha value is -2.63. The predicted molar refractivity (Wildman–Crippen MR) is 247 cm³/mol. The zero-order valence-electron chi connectivity index (χ0n) is 38.3. The number of carbonyl (C=O) groups excluding carboxylic acids is 3. The van der Waals surface area contributed by atoms with E-state index in [-0.39, 0.29) is 31.1 Å². The number of ether oxygens (including phenoxy) is 3. The first-order valence-corrected chi connectivity index (χ1v) is 24.6. The van der Waals surface area contributed by atoms with Crippen molar-refractivity contribution in [2.75, 3.05) is 13.2 Å². The molecule has 0 heterocycles. The van der Waals surface area contributed by atoms with Crippen LogP contribution in [-0.4, -0.2) is 37.2 Å². The zero-order chi connectivity index (χ0) is 42.3. The second-order valence-corrected chi connectivity index (χ2v) is 16.4. The third-order valence-corrected chi connectivity index (χ3v) is 10.6. The summed E-state index contributed by atoms with van der Waals surface area (Å²) in [4.78, 5) is 37.8. The number of allylic oxidation sites excluding steroid dienone is 8. The molecule has 0 radical (unpaired) electrons. The standard InChI is InChI=1S/C52H92O6/c1-4-7-10-13-16-19-21-23-25-26-27-28-30-31-33-36-39-42-45-51(54)57-48-49(47-56-50(53)44-41-38-35-18-15-12-9-6-3)58-52(55)46-43-40-37-34-32-29-24-22-20-17-14-11-8-5-2/h14,17,19,21-22,24-26,49H,4-13,15-16,18,20,23,27-48H2,1-3H3/b17-14-,21-19-,24-22-,26-25-. The van der Waals surface area contributed by atoms with Crippen molar-refractivity contribution in [3.63, 3.8) is 0 Å². The summed E-state index contributed by atoms with van der Waals surface area (Å²) in [6.07, 6.45) is 55.2. The lowest BCUT2D eigenvalue weighted by Crippen LogP contribution is -2.30. The van der Waals surface area contributed by atoms with Crippen LogP contribution in [0.25, 0.3) is 0 Å². The minimum absolute atomic E-state index is 0.0804. The summed E-state index contributed by atoms with van der Waals surface area (Å²) in [5.74, 6) is -0.904. The summed E-state index contributed by atoms with van der Waals surface area (Å²) < 4.78 is 16.7. The van der Waals surface area contributed by atoms with Gasteiger partial charge in [0.05, 0.1) is 0 Å². The molecular weight excluding hydrogens is 721 g/mol. The first-order valence-electron chi connectivity index (χ1n) is 24.6. The van der Waals surface area contributed by atoms with Gasteiger partial charge in [0.1, 0.15) is 13.2 Å². The second kappa shape index (κ2) is 47.1. The van der Waals surface area contributed by atoms with Gasteiger partial charge in [0.25, 0.3) is 0 Å². The molecule has 0 aromatic rings. The summed E-state index contributed by atoms with van der Waals surface area (Å²) in [6, 6.07) is 0. The fourth-order valence-electron chi connectivity index (χ4n) is 6.78. The van der Waals surface area contributed by atoms with Crippen molar-refractivity contribution in [1.82, 2.24) is 0 Å². The van der Waals surface area contributed by atoms with Gasteiger partial charge in [0.2, 0.25) is 0 Å². The third-order valence-electron chi connectivity index (χ3n) is 10.6. The number of carbonyl (C=O) groups is 3. The van der Waals surface area contributed by atoms with Crippen LogP contribution in [0.1, 0.15) is 245 Å². The number of hydrogen-bond donors (Lipinski definition) is 0. The van der Waals surface area contributed by atoms with E-state index in [4.69, 9.17) is 14.2 Å². The third kappa shape index (κ3) is 44.5. The molecule has 0 aromatic carbocycles. The fraction of sp³-hybridized carbons (Fsp3) is 0.788. The number of rotatable bonds is 44. The van der Waals surface area contributed by atoms with E-state index in [1.807, 2.05) is 0 Å². The van der Waals surface area contributed by atoms with Crippen LogP contribution in [0.3, 0.4) is 0 Å². The largest absolute Gasteiger partial charge is 0.462 e. The quantitative estimate of drug-likeness (QED) is 0.0264. The predicted octanol–water partition coefficient (Wildman–Crippen LogP) is 15.9. The maximum absolute atomic E-state index is 12.7. The average molecular weight is 813 g/mol. The number of hydrogen-bond acceptors (Lipinski definition) is 6. The van der Waals surface area contributed by atoms with E-state index in [2.05, 4.69) is 69.4 Å². The summed E-state index contributed by atoms with van der Waals surface area (Å²) in [6.45, 7) is 6.53. The molecular formula is C52H92O6. The van der Waals surface area contributed by atoms with Crippen molar-refractivity contribution in [3.8, 4) is 0 Å². The van der Waals surface area contributed by atoms with Crippen LogP contribution in [-0.2, 0) is 28.6 Å². The van der Waals surface area contributed by atoms with Crippen LogP contribution in [0, 0.1) is 0 Å². The lowest BCUT2D eigenvalue weighted by molar-refractivity contribution is -0.167. The molecule has 0 rings (SSSR count). The van der Waals surface area contributed by atoms with Gasteiger partial charge in [-0.3, -0.25) is 14.4 Å². The molecule has 1 atom stereocenters. The van der Waals surface area contributed by atoms with E-state index in [1.54, 1.807) is 0 Å². The Kier molecular flexibility index (Phi) is 44.9. The number of esters is 3. The molecule has 0 amide bonds. The summed E-state index contributed by atoms with van der Waals surface area (Å²) in [5.41, 5.74) is 0. The van der Waals surface area contributed by atoms with Gasteiger partial charge in [0, 0.05) is 19.3 Å². The lowest BCUT2D eigenvalue weighted by atomic mass is 10.1. The topological polar surface area (TPSA) is 78.9 Å². The van der Waals surface area contributed by atoms with Crippen molar-refractivity contribution in [2.24, 2.45) is 0 Å². The zero-order valence-corrected chi connectivity index (χ0v) is 38.3. The van der Waals surface area contributed by atoms with Crippen LogP contribution in [0.15, 0.2) is 48.6 Å². The van der Waals surface area contributed by atoms with Crippen molar-refractivity contribution < 1.29 is 28.6 Å². The van der Waals surface area contributed by atoms with Gasteiger partial charge in [-0.1, -0.05) is 198 Å². The molecule has 0 saturated heterocycles. The van der Waals surface area contributed by atoms with E-state index in [0.717, 1.165) is 96.3 Å². The minimum Gasteiger partial charge on any atom is -0.462 e. The van der Waals surface area contributed by atoms with Gasteiger partial charge in [0.15, 0.2) is 6.10 Å². The van der Waals surface area contributed by atoms with Crippen molar-refractivity contribution in [3.05, 3.63) is 48.6 Å². The van der Waals surface area contributed by atoms with Crippen molar-refractivity contribution >= 4 is 17.9 Å². The monoisotopic (exact) mass is 813 g/mol. The molecule has 0 aliphatic heterocycles. The molecule has 336 valence electrons. The van der Waals surface area contributed by atoms with Crippen LogP contribution < -0.4 is 0 Å². The van der Waals surface area contributed by atoms with E-state index < -0.39 is 6.10 Å². The Morgan fingerprint density at radius 3 is 1.02 bits per heavy atom. The van der Waals surface area contributed by atoms with Gasteiger partial charge in [-0.05, 0) is 77.0 Å². The molecule has 0 aromatic heterocycles. The van der Waals surface area contributed by atoms with Gasteiger partial charge >= 0.3 is 17.9 Å². The Labute approximate surface area is 358 Å². The smallest absolute Gasteiger partial charge is 0.306 e. The molecule has 6 nitrogen and oxygen atoms in total. The van der Waals surface area contributed by atoms with Crippen LogP contribution in [0.2, 0.25) is 0 Å². The highest BCUT2D eigenvalue weighted by molar-refractivity contribution is 5.71. The fourth-order valence-corrected chi connectivity index (χ4v) is 6.78. The molecule has 0 spiro atoms.